The molecule has 120 valence electrons. The van der Waals surface area contributed by atoms with E-state index in [2.05, 4.69) is 9.88 Å². The number of halogens is 1. The third-order valence-corrected chi connectivity index (χ3v) is 4.17. The van der Waals surface area contributed by atoms with Gasteiger partial charge in [0.25, 0.3) is 0 Å². The highest BCUT2D eigenvalue weighted by Gasteiger charge is 2.26. The fourth-order valence-corrected chi connectivity index (χ4v) is 2.91. The first-order valence-corrected chi connectivity index (χ1v) is 7.82. The second kappa shape index (κ2) is 6.98. The van der Waals surface area contributed by atoms with Crippen molar-refractivity contribution < 1.29 is 14.6 Å². The van der Waals surface area contributed by atoms with Crippen molar-refractivity contribution in [3.63, 3.8) is 0 Å². The lowest BCUT2D eigenvalue weighted by atomic mass is 10.2. The molecule has 1 N–H and O–H groups in total. The molecule has 23 heavy (non-hydrogen) atoms. The number of ether oxygens (including phenoxy) is 1. The molecule has 0 radical (unpaired) electrons. The average molecular weight is 333 g/mol. The zero-order chi connectivity index (χ0) is 16.2. The number of likely N-dealkylation sites (tertiary alicyclic amines) is 1. The number of aromatic nitrogens is 1. The summed E-state index contributed by atoms with van der Waals surface area (Å²) in [5, 5.41) is 9.82. The normalized spacial score (nSPS) is 18.0. The minimum atomic E-state index is -0.948. The number of pyridine rings is 1. The monoisotopic (exact) mass is 332 g/mol. The fraction of sp³-hybridized carbons (Fsp3) is 0.294. The molecule has 2 aromatic rings. The van der Waals surface area contributed by atoms with Gasteiger partial charge in [0.1, 0.15) is 11.9 Å². The molecule has 2 heterocycles. The first-order chi connectivity index (χ1) is 11.1. The predicted octanol–water partition coefficient (Wildman–Crippen LogP) is 3.09. The Morgan fingerprint density at radius 3 is 2.96 bits per heavy atom. The summed E-state index contributed by atoms with van der Waals surface area (Å²) in [4.78, 5) is 17.6. The largest absolute Gasteiger partial charge is 0.487 e. The Morgan fingerprint density at radius 2 is 2.17 bits per heavy atom. The first kappa shape index (κ1) is 15.8. The lowest BCUT2D eigenvalue weighted by molar-refractivity contribution is 0.0694. The van der Waals surface area contributed by atoms with E-state index in [1.807, 2.05) is 18.2 Å². The number of hydrogen-bond acceptors (Lipinski definition) is 4. The Balaban J connectivity index is 1.62. The molecule has 1 atom stereocenters. The first-order valence-electron chi connectivity index (χ1n) is 7.44. The zero-order valence-corrected chi connectivity index (χ0v) is 13.2. The minimum absolute atomic E-state index is 0.0480. The highest BCUT2D eigenvalue weighted by atomic mass is 35.5. The van der Waals surface area contributed by atoms with Gasteiger partial charge in [-0.05, 0) is 30.7 Å². The third-order valence-electron chi connectivity index (χ3n) is 3.85. The summed E-state index contributed by atoms with van der Waals surface area (Å²) < 4.78 is 5.94. The van der Waals surface area contributed by atoms with Gasteiger partial charge in [0.2, 0.25) is 0 Å². The Labute approximate surface area is 139 Å². The molecule has 1 saturated heterocycles. The minimum Gasteiger partial charge on any atom is -0.487 e. The number of para-hydroxylation sites is 1. The van der Waals surface area contributed by atoms with Crippen molar-refractivity contribution in [2.75, 3.05) is 13.1 Å². The smallest absolute Gasteiger partial charge is 0.337 e. The molecule has 1 aliphatic rings. The van der Waals surface area contributed by atoms with Crippen LogP contribution in [0.15, 0.2) is 42.6 Å². The van der Waals surface area contributed by atoms with Crippen LogP contribution in [-0.4, -0.2) is 40.2 Å². The van der Waals surface area contributed by atoms with Gasteiger partial charge in [-0.3, -0.25) is 9.88 Å². The van der Waals surface area contributed by atoms with Crippen molar-refractivity contribution in [3.8, 4) is 5.75 Å². The summed E-state index contributed by atoms with van der Waals surface area (Å²) in [6.07, 6.45) is 2.54. The van der Waals surface area contributed by atoms with E-state index in [0.717, 1.165) is 19.5 Å². The van der Waals surface area contributed by atoms with Gasteiger partial charge in [-0.2, -0.15) is 0 Å². The molecule has 1 fully saturated rings. The van der Waals surface area contributed by atoms with Crippen molar-refractivity contribution in [1.29, 1.82) is 0 Å². The van der Waals surface area contributed by atoms with E-state index < -0.39 is 5.97 Å². The topological polar surface area (TPSA) is 62.7 Å². The average Bonchev–Trinajstić information content (AvgIpc) is 2.97. The van der Waals surface area contributed by atoms with E-state index in [0.29, 0.717) is 23.0 Å². The van der Waals surface area contributed by atoms with Gasteiger partial charge < -0.3 is 9.84 Å². The maximum absolute atomic E-state index is 11.2. The maximum Gasteiger partial charge on any atom is 0.337 e. The van der Waals surface area contributed by atoms with Crippen molar-refractivity contribution in [1.82, 2.24) is 9.88 Å². The van der Waals surface area contributed by atoms with Crippen molar-refractivity contribution >= 4 is 17.6 Å². The molecule has 1 aliphatic heterocycles. The second-order valence-corrected chi connectivity index (χ2v) is 5.90. The van der Waals surface area contributed by atoms with Gasteiger partial charge in [0.05, 0.1) is 16.3 Å². The van der Waals surface area contributed by atoms with Crippen LogP contribution in [0.5, 0.6) is 5.75 Å². The molecule has 1 unspecified atom stereocenters. The summed E-state index contributed by atoms with van der Waals surface area (Å²) in [5.41, 5.74) is 0.835. The lowest BCUT2D eigenvalue weighted by Gasteiger charge is -2.17. The van der Waals surface area contributed by atoms with Crippen LogP contribution in [-0.2, 0) is 6.54 Å². The van der Waals surface area contributed by atoms with Crippen LogP contribution < -0.4 is 4.74 Å². The Bertz CT molecular complexity index is 708. The van der Waals surface area contributed by atoms with Crippen LogP contribution >= 0.6 is 11.6 Å². The molecule has 1 aromatic carbocycles. The van der Waals surface area contributed by atoms with Crippen LogP contribution in [0.1, 0.15) is 22.5 Å². The van der Waals surface area contributed by atoms with E-state index in [9.17, 15) is 9.90 Å². The van der Waals surface area contributed by atoms with E-state index in [-0.39, 0.29) is 11.7 Å². The van der Waals surface area contributed by atoms with Crippen LogP contribution in [0.4, 0.5) is 0 Å². The summed E-state index contributed by atoms with van der Waals surface area (Å²) in [7, 11) is 0. The van der Waals surface area contributed by atoms with Gasteiger partial charge in [-0.25, -0.2) is 4.79 Å². The number of nitrogens with zero attached hydrogens (tertiary/aromatic N) is 2. The van der Waals surface area contributed by atoms with E-state index in [1.54, 1.807) is 24.4 Å². The third kappa shape index (κ3) is 3.81. The van der Waals surface area contributed by atoms with E-state index >= 15 is 0 Å². The molecule has 0 bridgehead atoms. The molecule has 6 heteroatoms. The Morgan fingerprint density at radius 1 is 1.35 bits per heavy atom. The van der Waals surface area contributed by atoms with Gasteiger partial charge in [-0.1, -0.05) is 23.7 Å². The van der Waals surface area contributed by atoms with Gasteiger partial charge in [-0.15, -0.1) is 0 Å². The number of carbonyl (C=O) groups is 1. The van der Waals surface area contributed by atoms with Crippen LogP contribution in [0.2, 0.25) is 5.02 Å². The number of aromatic carboxylic acids is 1. The Hall–Kier alpha value is -2.11. The van der Waals surface area contributed by atoms with Gasteiger partial charge >= 0.3 is 5.97 Å². The van der Waals surface area contributed by atoms with E-state index in [4.69, 9.17) is 16.3 Å². The zero-order valence-electron chi connectivity index (χ0n) is 12.5. The van der Waals surface area contributed by atoms with Gasteiger partial charge in [0, 0.05) is 25.8 Å². The highest BCUT2D eigenvalue weighted by Crippen LogP contribution is 2.27. The number of carboxylic acids is 1. The number of benzene rings is 1. The molecule has 3 rings (SSSR count). The van der Waals surface area contributed by atoms with Crippen LogP contribution in [0, 0.1) is 0 Å². The molecular formula is C17H17ClN2O3. The Kier molecular flexibility index (Phi) is 4.79. The second-order valence-electron chi connectivity index (χ2n) is 5.50. The number of hydrogen-bond donors (Lipinski definition) is 1. The number of rotatable bonds is 5. The lowest BCUT2D eigenvalue weighted by Crippen LogP contribution is -2.26. The standard InChI is InChI=1S/C17H17ClN2O3/c18-14-5-1-2-6-16(14)23-12-7-9-20(10-12)11-15-13(17(21)22)4-3-8-19-15/h1-6,8,12H,7,9-11H2,(H,21,22). The van der Waals surface area contributed by atoms with E-state index in [1.165, 1.54) is 0 Å². The quantitative estimate of drug-likeness (QED) is 0.911. The predicted molar refractivity (Wildman–Crippen MR) is 87.0 cm³/mol. The SMILES string of the molecule is O=C(O)c1cccnc1CN1CCC(Oc2ccccc2Cl)C1. The van der Waals surface area contributed by atoms with Crippen LogP contribution in [0.25, 0.3) is 0 Å². The summed E-state index contributed by atoms with van der Waals surface area (Å²) >= 11 is 6.11. The van der Waals surface area contributed by atoms with Gasteiger partial charge in [0.15, 0.2) is 0 Å². The molecule has 0 spiro atoms. The molecular weight excluding hydrogens is 316 g/mol. The highest BCUT2D eigenvalue weighted by molar-refractivity contribution is 6.32. The molecule has 1 aromatic heterocycles. The molecule has 0 aliphatic carbocycles. The summed E-state index contributed by atoms with van der Waals surface area (Å²) in [6.45, 7) is 2.07. The van der Waals surface area contributed by atoms with Crippen molar-refractivity contribution in [3.05, 3.63) is 58.9 Å². The molecule has 0 amide bonds. The number of carboxylic acid groups (broad SMARTS) is 1. The molecule has 5 nitrogen and oxygen atoms in total. The van der Waals surface area contributed by atoms with Crippen molar-refractivity contribution in [2.45, 2.75) is 19.1 Å². The molecule has 0 saturated carbocycles. The fourth-order valence-electron chi connectivity index (χ4n) is 2.73. The van der Waals surface area contributed by atoms with Crippen molar-refractivity contribution in [2.24, 2.45) is 0 Å². The summed E-state index contributed by atoms with van der Waals surface area (Å²) in [6, 6.07) is 10.6. The maximum atomic E-state index is 11.2. The summed E-state index contributed by atoms with van der Waals surface area (Å²) in [5.74, 6) is -0.263. The van der Waals surface area contributed by atoms with Crippen LogP contribution in [0.3, 0.4) is 0 Å².